The maximum atomic E-state index is 5.60. The van der Waals surface area contributed by atoms with Crippen LogP contribution in [-0.2, 0) is 4.74 Å². The first-order chi connectivity index (χ1) is 6.38. The van der Waals surface area contributed by atoms with Crippen molar-refractivity contribution in [3.05, 3.63) is 12.4 Å². The minimum absolute atomic E-state index is 0.184. The van der Waals surface area contributed by atoms with Gasteiger partial charge in [-0.25, -0.2) is 4.68 Å². The molecule has 0 amide bonds. The molecule has 1 fully saturated rings. The summed E-state index contributed by atoms with van der Waals surface area (Å²) in [6.07, 6.45) is 4.60. The van der Waals surface area contributed by atoms with Crippen molar-refractivity contribution in [3.63, 3.8) is 0 Å². The molecule has 1 N–H and O–H groups in total. The van der Waals surface area contributed by atoms with Crippen molar-refractivity contribution in [1.29, 1.82) is 0 Å². The number of hydrogen-bond acceptors (Lipinski definition) is 4. The predicted octanol–water partition coefficient (Wildman–Crippen LogP) is -0.372. The Bertz CT molecular complexity index is 243. The van der Waals surface area contributed by atoms with Crippen LogP contribution < -0.4 is 5.32 Å². The Morgan fingerprint density at radius 1 is 1.77 bits per heavy atom. The molecule has 71 valence electrons. The number of morpholine rings is 1. The van der Waals surface area contributed by atoms with Gasteiger partial charge in [-0.15, -0.1) is 5.10 Å². The lowest BCUT2D eigenvalue weighted by atomic mass is 10.1. The van der Waals surface area contributed by atoms with Crippen molar-refractivity contribution < 1.29 is 4.74 Å². The molecule has 2 atom stereocenters. The van der Waals surface area contributed by atoms with Gasteiger partial charge >= 0.3 is 0 Å². The van der Waals surface area contributed by atoms with Crippen molar-refractivity contribution in [3.8, 4) is 0 Å². The van der Waals surface area contributed by atoms with Crippen LogP contribution in [0.25, 0.3) is 0 Å². The molecule has 0 aliphatic carbocycles. The predicted molar refractivity (Wildman–Crippen MR) is 46.2 cm³/mol. The van der Waals surface area contributed by atoms with E-state index in [0.717, 1.165) is 19.7 Å². The summed E-state index contributed by atoms with van der Waals surface area (Å²) < 4.78 is 7.37. The van der Waals surface area contributed by atoms with Gasteiger partial charge in [0, 0.05) is 13.1 Å². The fraction of sp³-hybridized carbons (Fsp3) is 0.750. The fourth-order valence-electron chi connectivity index (χ4n) is 1.45. The second kappa shape index (κ2) is 3.85. The van der Waals surface area contributed by atoms with Crippen LogP contribution >= 0.6 is 0 Å². The summed E-state index contributed by atoms with van der Waals surface area (Å²) in [5, 5.41) is 10.8. The summed E-state index contributed by atoms with van der Waals surface area (Å²) in [4.78, 5) is 0. The van der Waals surface area contributed by atoms with Gasteiger partial charge in [0.2, 0.25) is 0 Å². The third kappa shape index (κ3) is 1.87. The van der Waals surface area contributed by atoms with Gasteiger partial charge in [-0.05, 0) is 6.92 Å². The molecule has 1 aromatic rings. The highest BCUT2D eigenvalue weighted by atomic mass is 16.5. The highest BCUT2D eigenvalue weighted by Crippen LogP contribution is 2.13. The maximum Gasteiger partial charge on any atom is 0.134 e. The van der Waals surface area contributed by atoms with Crippen molar-refractivity contribution in [2.45, 2.75) is 19.1 Å². The molecule has 5 nitrogen and oxygen atoms in total. The van der Waals surface area contributed by atoms with E-state index in [1.807, 2.05) is 0 Å². The van der Waals surface area contributed by atoms with Crippen LogP contribution in [-0.4, -0.2) is 40.8 Å². The van der Waals surface area contributed by atoms with E-state index in [0.29, 0.717) is 0 Å². The zero-order chi connectivity index (χ0) is 9.10. The number of hydrogen-bond donors (Lipinski definition) is 1. The fourth-order valence-corrected chi connectivity index (χ4v) is 1.45. The van der Waals surface area contributed by atoms with Crippen LogP contribution in [0.15, 0.2) is 6.20 Å². The molecule has 13 heavy (non-hydrogen) atoms. The van der Waals surface area contributed by atoms with E-state index < -0.39 is 0 Å². The molecule has 0 saturated carbocycles. The van der Waals surface area contributed by atoms with Crippen molar-refractivity contribution in [2.24, 2.45) is 0 Å². The average molecular weight is 181 g/mol. The van der Waals surface area contributed by atoms with Crippen molar-refractivity contribution >= 4 is 0 Å². The Morgan fingerprint density at radius 2 is 2.69 bits per heavy atom. The first-order valence-corrected chi connectivity index (χ1v) is 4.48. The average Bonchev–Trinajstić information content (AvgIpc) is 2.71. The third-order valence-electron chi connectivity index (χ3n) is 2.31. The Balaban J connectivity index is 1.99. The first-order valence-electron chi connectivity index (χ1n) is 4.48. The zero-order valence-electron chi connectivity index (χ0n) is 7.60. The van der Waals surface area contributed by atoms with E-state index in [9.17, 15) is 0 Å². The Labute approximate surface area is 77.1 Å². The summed E-state index contributed by atoms with van der Waals surface area (Å²) in [6.45, 7) is 4.65. The van der Waals surface area contributed by atoms with Crippen LogP contribution in [0.1, 0.15) is 13.0 Å². The largest absolute Gasteiger partial charge is 0.373 e. The summed E-state index contributed by atoms with van der Waals surface area (Å²) >= 11 is 0. The minimum atomic E-state index is 0.184. The molecule has 1 aliphatic heterocycles. The molecule has 0 bridgehead atoms. The lowest BCUT2D eigenvalue weighted by Gasteiger charge is -2.28. The van der Waals surface area contributed by atoms with Crippen LogP contribution in [0.4, 0.5) is 0 Å². The highest BCUT2D eigenvalue weighted by molar-refractivity contribution is 4.78. The molecule has 1 saturated heterocycles. The smallest absolute Gasteiger partial charge is 0.134 e. The monoisotopic (exact) mass is 181 g/mol. The summed E-state index contributed by atoms with van der Waals surface area (Å²) in [6, 6.07) is 0.214. The molecule has 0 spiro atoms. The first kappa shape index (κ1) is 8.65. The quantitative estimate of drug-likeness (QED) is 0.676. The van der Waals surface area contributed by atoms with E-state index in [-0.39, 0.29) is 12.1 Å². The number of nitrogens with zero attached hydrogens (tertiary/aromatic N) is 3. The number of rotatable bonds is 2. The van der Waals surface area contributed by atoms with Gasteiger partial charge in [0.25, 0.3) is 0 Å². The molecule has 2 unspecified atom stereocenters. The van der Waals surface area contributed by atoms with E-state index in [1.165, 1.54) is 0 Å². The van der Waals surface area contributed by atoms with Crippen molar-refractivity contribution in [1.82, 2.24) is 20.3 Å². The molecule has 1 aliphatic rings. The Morgan fingerprint density at radius 3 is 3.31 bits per heavy atom. The van der Waals surface area contributed by atoms with E-state index in [1.54, 1.807) is 10.9 Å². The molecule has 2 rings (SSSR count). The van der Waals surface area contributed by atoms with Gasteiger partial charge in [0.05, 0.1) is 24.9 Å². The van der Waals surface area contributed by atoms with Crippen LogP contribution in [0.2, 0.25) is 0 Å². The lowest BCUT2D eigenvalue weighted by molar-refractivity contribution is -0.00360. The van der Waals surface area contributed by atoms with Gasteiger partial charge in [-0.1, -0.05) is 5.21 Å². The number of aromatic nitrogens is 3. The summed E-state index contributed by atoms with van der Waals surface area (Å²) in [5.74, 6) is 0. The molecule has 1 aromatic heterocycles. The Kier molecular flexibility index (Phi) is 2.56. The van der Waals surface area contributed by atoms with Gasteiger partial charge in [-0.3, -0.25) is 0 Å². The topological polar surface area (TPSA) is 52.0 Å². The zero-order valence-corrected chi connectivity index (χ0v) is 7.60. The Hall–Kier alpha value is -0.940. The van der Waals surface area contributed by atoms with Crippen LogP contribution in [0, 0.1) is 6.20 Å². The highest BCUT2D eigenvalue weighted by Gasteiger charge is 2.22. The molecule has 1 radical (unpaired) electrons. The summed E-state index contributed by atoms with van der Waals surface area (Å²) in [7, 11) is 0. The molecule has 5 heteroatoms. The van der Waals surface area contributed by atoms with E-state index in [2.05, 4.69) is 28.7 Å². The third-order valence-corrected chi connectivity index (χ3v) is 2.31. The second-order valence-electron chi connectivity index (χ2n) is 3.18. The second-order valence-corrected chi connectivity index (χ2v) is 3.18. The lowest BCUT2D eigenvalue weighted by Crippen LogP contribution is -2.42. The SMILES string of the molecule is CC(C1CNCCO1)n1c[c]nn1. The van der Waals surface area contributed by atoms with E-state index >= 15 is 0 Å². The van der Waals surface area contributed by atoms with Gasteiger partial charge in [-0.2, -0.15) is 0 Å². The number of ether oxygens (including phenoxy) is 1. The number of nitrogens with one attached hydrogen (secondary N) is 1. The molecular formula is C8H13N4O. The molecule has 2 heterocycles. The maximum absolute atomic E-state index is 5.60. The van der Waals surface area contributed by atoms with Gasteiger partial charge < -0.3 is 10.1 Å². The standard InChI is InChI=1S/C8H13N4O/c1-7(12-4-2-10-11-12)8-6-9-3-5-13-8/h4,7-9H,3,5-6H2,1H3. The minimum Gasteiger partial charge on any atom is -0.373 e. The van der Waals surface area contributed by atoms with Crippen LogP contribution in [0.5, 0.6) is 0 Å². The normalized spacial score (nSPS) is 25.8. The van der Waals surface area contributed by atoms with Crippen LogP contribution in [0.3, 0.4) is 0 Å². The van der Waals surface area contributed by atoms with Gasteiger partial charge in [0.1, 0.15) is 6.20 Å². The van der Waals surface area contributed by atoms with E-state index in [4.69, 9.17) is 4.74 Å². The molecular weight excluding hydrogens is 168 g/mol. The summed E-state index contributed by atoms with van der Waals surface area (Å²) in [5.41, 5.74) is 0. The van der Waals surface area contributed by atoms with Crippen molar-refractivity contribution in [2.75, 3.05) is 19.7 Å². The van der Waals surface area contributed by atoms with Gasteiger partial charge in [0.15, 0.2) is 0 Å². The molecule has 0 aromatic carbocycles.